The van der Waals surface area contributed by atoms with Crippen molar-refractivity contribution < 1.29 is 8.42 Å². The number of hydrogen-bond donors (Lipinski definition) is 1. The van der Waals surface area contributed by atoms with Gasteiger partial charge in [-0.15, -0.1) is 0 Å². The van der Waals surface area contributed by atoms with Gasteiger partial charge in [0.25, 0.3) is 0 Å². The summed E-state index contributed by atoms with van der Waals surface area (Å²) in [5, 5.41) is 0. The minimum atomic E-state index is -2.99. The number of pyridine rings is 1. The van der Waals surface area contributed by atoms with Gasteiger partial charge in [-0.3, -0.25) is 4.98 Å². The summed E-state index contributed by atoms with van der Waals surface area (Å²) in [7, 11) is -2.99. The van der Waals surface area contributed by atoms with Crippen molar-refractivity contribution in [3.8, 4) is 0 Å². The van der Waals surface area contributed by atoms with Crippen LogP contribution in [0.1, 0.15) is 5.69 Å². The van der Waals surface area contributed by atoms with Gasteiger partial charge in [-0.2, -0.15) is 0 Å². The topological polar surface area (TPSA) is 73.0 Å². The van der Waals surface area contributed by atoms with Crippen LogP contribution in [0.15, 0.2) is 18.3 Å². The first kappa shape index (κ1) is 8.99. The summed E-state index contributed by atoms with van der Waals surface area (Å²) < 4.78 is 21.6. The predicted molar refractivity (Wildman–Crippen MR) is 47.2 cm³/mol. The number of aromatic nitrogens is 1. The van der Waals surface area contributed by atoms with Crippen molar-refractivity contribution in [2.75, 3.05) is 12.0 Å². The quantitative estimate of drug-likeness (QED) is 0.716. The summed E-state index contributed by atoms with van der Waals surface area (Å²) in [5.41, 5.74) is 6.43. The zero-order valence-corrected chi connectivity index (χ0v) is 7.50. The van der Waals surface area contributed by atoms with Crippen molar-refractivity contribution >= 4 is 15.5 Å². The molecule has 0 saturated heterocycles. The fourth-order valence-electron chi connectivity index (χ4n) is 0.790. The van der Waals surface area contributed by atoms with Crippen LogP contribution in [0, 0.1) is 0 Å². The maximum absolute atomic E-state index is 10.8. The molecule has 0 saturated carbocycles. The lowest BCUT2D eigenvalue weighted by Gasteiger charge is -1.97. The molecule has 0 radical (unpaired) electrons. The first-order valence-electron chi connectivity index (χ1n) is 3.35. The van der Waals surface area contributed by atoms with Crippen LogP contribution in [0.5, 0.6) is 0 Å². The Hall–Kier alpha value is -1.10. The van der Waals surface area contributed by atoms with E-state index in [4.69, 9.17) is 5.73 Å². The van der Waals surface area contributed by atoms with Crippen LogP contribution in [0.25, 0.3) is 0 Å². The third kappa shape index (κ3) is 2.87. The normalized spacial score (nSPS) is 11.4. The summed E-state index contributed by atoms with van der Waals surface area (Å²) in [5.74, 6) is -0.0344. The number of nitrogens with zero attached hydrogens (tertiary/aromatic N) is 1. The first-order chi connectivity index (χ1) is 5.47. The molecule has 0 unspecified atom stereocenters. The van der Waals surface area contributed by atoms with Crippen LogP contribution in [0.4, 0.5) is 5.69 Å². The van der Waals surface area contributed by atoms with Gasteiger partial charge in [-0.25, -0.2) is 8.42 Å². The summed E-state index contributed by atoms with van der Waals surface area (Å²) in [6, 6.07) is 3.24. The van der Waals surface area contributed by atoms with Gasteiger partial charge in [0, 0.05) is 6.26 Å². The monoisotopic (exact) mass is 186 g/mol. The van der Waals surface area contributed by atoms with E-state index in [1.807, 2.05) is 0 Å². The van der Waals surface area contributed by atoms with E-state index in [2.05, 4.69) is 4.98 Å². The molecule has 0 aromatic carbocycles. The molecule has 0 aliphatic carbocycles. The lowest BCUT2D eigenvalue weighted by molar-refractivity contribution is 0.600. The Morgan fingerprint density at radius 2 is 2.17 bits per heavy atom. The minimum absolute atomic E-state index is 0.0344. The van der Waals surface area contributed by atoms with Crippen LogP contribution >= 0.6 is 0 Å². The van der Waals surface area contributed by atoms with E-state index in [0.717, 1.165) is 0 Å². The third-order valence-corrected chi connectivity index (χ3v) is 2.08. The lowest BCUT2D eigenvalue weighted by atomic mass is 10.3. The van der Waals surface area contributed by atoms with Crippen molar-refractivity contribution in [1.29, 1.82) is 0 Å². The highest BCUT2D eigenvalue weighted by molar-refractivity contribution is 7.89. The molecule has 1 rings (SSSR count). The average molecular weight is 186 g/mol. The van der Waals surface area contributed by atoms with Gasteiger partial charge in [0.2, 0.25) is 0 Å². The number of rotatable bonds is 2. The fourth-order valence-corrected chi connectivity index (χ4v) is 1.50. The zero-order chi connectivity index (χ0) is 9.19. The molecule has 0 aliphatic heterocycles. The van der Waals surface area contributed by atoms with Gasteiger partial charge < -0.3 is 5.73 Å². The molecule has 66 valence electrons. The lowest BCUT2D eigenvalue weighted by Crippen LogP contribution is -2.02. The second kappa shape index (κ2) is 3.10. The highest BCUT2D eigenvalue weighted by atomic mass is 32.2. The second-order valence-electron chi connectivity index (χ2n) is 2.65. The number of nitrogens with two attached hydrogens (primary N) is 1. The van der Waals surface area contributed by atoms with Gasteiger partial charge in [0.15, 0.2) is 9.84 Å². The number of sulfone groups is 1. The predicted octanol–water partition coefficient (Wildman–Crippen LogP) is 0.208. The molecule has 1 aromatic rings. The molecule has 0 aliphatic rings. The van der Waals surface area contributed by atoms with Crippen LogP contribution < -0.4 is 5.73 Å². The Labute approximate surface area is 71.3 Å². The van der Waals surface area contributed by atoms with Crippen molar-refractivity contribution in [1.82, 2.24) is 4.98 Å². The van der Waals surface area contributed by atoms with Gasteiger partial charge in [0.1, 0.15) is 0 Å². The molecule has 1 aromatic heterocycles. The zero-order valence-electron chi connectivity index (χ0n) is 6.69. The molecule has 0 amide bonds. The molecule has 0 atom stereocenters. The van der Waals surface area contributed by atoms with E-state index < -0.39 is 9.84 Å². The summed E-state index contributed by atoms with van der Waals surface area (Å²) >= 11 is 0. The van der Waals surface area contributed by atoms with Crippen molar-refractivity contribution in [2.24, 2.45) is 0 Å². The Bertz CT molecular complexity index is 355. The molecule has 5 heteroatoms. The summed E-state index contributed by atoms with van der Waals surface area (Å²) in [4.78, 5) is 3.86. The van der Waals surface area contributed by atoms with E-state index in [-0.39, 0.29) is 5.75 Å². The van der Waals surface area contributed by atoms with E-state index >= 15 is 0 Å². The molecule has 1 heterocycles. The molecule has 2 N–H and O–H groups in total. The largest absolute Gasteiger partial charge is 0.397 e. The Morgan fingerprint density at radius 3 is 2.58 bits per heavy atom. The Morgan fingerprint density at radius 1 is 1.50 bits per heavy atom. The first-order valence-corrected chi connectivity index (χ1v) is 5.41. The number of anilines is 1. The van der Waals surface area contributed by atoms with E-state index in [9.17, 15) is 8.42 Å². The Balaban J connectivity index is 2.85. The average Bonchev–Trinajstić information content (AvgIpc) is 1.91. The SMILES string of the molecule is CS(=O)(=O)Cc1ccc(N)cn1. The molecule has 4 nitrogen and oxygen atoms in total. The maximum Gasteiger partial charge on any atom is 0.153 e. The van der Waals surface area contributed by atoms with Crippen molar-refractivity contribution in [2.45, 2.75) is 5.75 Å². The second-order valence-corrected chi connectivity index (χ2v) is 4.79. The molecular weight excluding hydrogens is 176 g/mol. The molecule has 0 bridgehead atoms. The van der Waals surface area contributed by atoms with Gasteiger partial charge in [0.05, 0.1) is 23.3 Å². The summed E-state index contributed by atoms with van der Waals surface area (Å²) in [6.45, 7) is 0. The maximum atomic E-state index is 10.8. The van der Waals surface area contributed by atoms with Crippen LogP contribution in [-0.2, 0) is 15.6 Å². The van der Waals surface area contributed by atoms with Gasteiger partial charge >= 0.3 is 0 Å². The van der Waals surface area contributed by atoms with Crippen molar-refractivity contribution in [3.05, 3.63) is 24.0 Å². The smallest absolute Gasteiger partial charge is 0.153 e. The highest BCUT2D eigenvalue weighted by Gasteiger charge is 2.04. The Kier molecular flexibility index (Phi) is 2.32. The number of nitrogen functional groups attached to an aromatic ring is 1. The van der Waals surface area contributed by atoms with Crippen LogP contribution in [0.3, 0.4) is 0 Å². The minimum Gasteiger partial charge on any atom is -0.397 e. The number of hydrogen-bond acceptors (Lipinski definition) is 4. The van der Waals surface area contributed by atoms with E-state index in [0.29, 0.717) is 11.4 Å². The van der Waals surface area contributed by atoms with Crippen molar-refractivity contribution in [3.63, 3.8) is 0 Å². The van der Waals surface area contributed by atoms with Gasteiger partial charge in [-0.05, 0) is 12.1 Å². The molecular formula is C7H10N2O2S. The van der Waals surface area contributed by atoms with Crippen LogP contribution in [0.2, 0.25) is 0 Å². The van der Waals surface area contributed by atoms with Gasteiger partial charge in [-0.1, -0.05) is 0 Å². The van der Waals surface area contributed by atoms with E-state index in [1.165, 1.54) is 12.5 Å². The molecule has 12 heavy (non-hydrogen) atoms. The van der Waals surface area contributed by atoms with E-state index in [1.54, 1.807) is 12.1 Å². The third-order valence-electron chi connectivity index (χ3n) is 1.26. The standard InChI is InChI=1S/C7H10N2O2S/c1-12(10,11)5-7-3-2-6(8)4-9-7/h2-4H,5,8H2,1H3. The fraction of sp³-hybridized carbons (Fsp3) is 0.286. The highest BCUT2D eigenvalue weighted by Crippen LogP contribution is 2.04. The molecule has 0 fully saturated rings. The molecule has 0 spiro atoms. The summed E-state index contributed by atoms with van der Waals surface area (Å²) in [6.07, 6.45) is 2.62. The van der Waals surface area contributed by atoms with Crippen LogP contribution in [-0.4, -0.2) is 19.7 Å².